The van der Waals surface area contributed by atoms with Gasteiger partial charge in [0.05, 0.1) is 35.1 Å². The molecule has 3 aromatic rings. The smallest absolute Gasteiger partial charge is 0.245 e. The number of carbonyl (C=O) groups excluding carboxylic acids is 1. The lowest BCUT2D eigenvalue weighted by atomic mass is 9.68. The highest BCUT2D eigenvalue weighted by Crippen LogP contribution is 2.48. The number of aromatic nitrogens is 5. The van der Waals surface area contributed by atoms with Gasteiger partial charge in [-0.15, -0.1) is 0 Å². The van der Waals surface area contributed by atoms with E-state index in [1.807, 2.05) is 39.6 Å². The molecule has 3 aromatic heterocycles. The maximum Gasteiger partial charge on any atom is 0.245 e. The molecule has 40 heavy (non-hydrogen) atoms. The van der Waals surface area contributed by atoms with Crippen LogP contribution in [0.1, 0.15) is 78.3 Å². The lowest BCUT2D eigenvalue weighted by molar-refractivity contribution is -0.128. The Morgan fingerprint density at radius 2 is 1.75 bits per heavy atom. The maximum absolute atomic E-state index is 12.0. The minimum Gasteiger partial charge on any atom is -0.487 e. The Hall–Kier alpha value is -3.75. The Balaban J connectivity index is 0.000000886. The van der Waals surface area contributed by atoms with E-state index in [1.54, 1.807) is 12.4 Å². The van der Waals surface area contributed by atoms with Gasteiger partial charge in [-0.3, -0.25) is 4.79 Å². The molecule has 1 saturated heterocycles. The van der Waals surface area contributed by atoms with Crippen LogP contribution in [0.4, 0.5) is 5.82 Å². The van der Waals surface area contributed by atoms with E-state index in [0.29, 0.717) is 17.4 Å². The summed E-state index contributed by atoms with van der Waals surface area (Å²) >= 11 is 0. The molecule has 9 heteroatoms. The van der Waals surface area contributed by atoms with Crippen molar-refractivity contribution >= 4 is 28.3 Å². The van der Waals surface area contributed by atoms with Crippen LogP contribution >= 0.6 is 0 Å². The Bertz CT molecular complexity index is 1360. The molecule has 0 aromatic carbocycles. The Kier molecular flexibility index (Phi) is 9.22. The molecule has 4 heterocycles. The van der Waals surface area contributed by atoms with Crippen LogP contribution in [0.3, 0.4) is 0 Å². The highest BCUT2D eigenvalue weighted by atomic mass is 16.5. The predicted molar refractivity (Wildman–Crippen MR) is 161 cm³/mol. The van der Waals surface area contributed by atoms with Crippen LogP contribution < -0.4 is 10.5 Å². The van der Waals surface area contributed by atoms with Crippen molar-refractivity contribution in [1.29, 1.82) is 0 Å². The van der Waals surface area contributed by atoms with Crippen molar-refractivity contribution in [1.82, 2.24) is 29.4 Å². The van der Waals surface area contributed by atoms with Gasteiger partial charge >= 0.3 is 0 Å². The maximum atomic E-state index is 12.0. The fourth-order valence-corrected chi connectivity index (χ4v) is 5.70. The SMILES string of the molecule is C=CC(=O)N1CCC2(CC=C(c3c(-c4ncc(OC5CC5)cn4)c4c(N)ncnc4n3C)CC2)CC1.CC.CC. The molecule has 1 spiro atoms. The number of anilines is 1. The van der Waals surface area contributed by atoms with Crippen molar-refractivity contribution < 1.29 is 9.53 Å². The quantitative estimate of drug-likeness (QED) is 0.394. The minimum atomic E-state index is 0.0317. The lowest BCUT2D eigenvalue weighted by Crippen LogP contribution is -2.43. The van der Waals surface area contributed by atoms with Crippen molar-refractivity contribution in [2.45, 2.75) is 78.7 Å². The van der Waals surface area contributed by atoms with E-state index in [-0.39, 0.29) is 17.4 Å². The van der Waals surface area contributed by atoms with Gasteiger partial charge < -0.3 is 19.9 Å². The Morgan fingerprint density at radius 1 is 1.07 bits per heavy atom. The number of allylic oxidation sites excluding steroid dienone is 2. The van der Waals surface area contributed by atoms with E-state index in [2.05, 4.69) is 37.2 Å². The third kappa shape index (κ3) is 5.74. The van der Waals surface area contributed by atoms with E-state index in [4.69, 9.17) is 10.5 Å². The molecule has 214 valence electrons. The average Bonchev–Trinajstić information content (AvgIpc) is 3.78. The number of aryl methyl sites for hydroxylation is 1. The Morgan fingerprint density at radius 3 is 2.33 bits per heavy atom. The summed E-state index contributed by atoms with van der Waals surface area (Å²) in [7, 11) is 2.02. The molecule has 9 nitrogen and oxygen atoms in total. The number of nitrogens with zero attached hydrogens (tertiary/aromatic N) is 6. The highest BCUT2D eigenvalue weighted by Gasteiger charge is 2.37. The summed E-state index contributed by atoms with van der Waals surface area (Å²) in [5.41, 5.74) is 10.5. The number of amides is 1. The third-order valence-corrected chi connectivity index (χ3v) is 8.00. The second kappa shape index (κ2) is 12.6. The van der Waals surface area contributed by atoms with Gasteiger partial charge in [0.15, 0.2) is 11.6 Å². The first-order valence-corrected chi connectivity index (χ1v) is 14.7. The average molecular weight is 546 g/mol. The van der Waals surface area contributed by atoms with Gasteiger partial charge in [-0.1, -0.05) is 40.3 Å². The number of nitrogens with two attached hydrogens (primary N) is 1. The normalized spacial score (nSPS) is 17.7. The molecule has 1 saturated carbocycles. The summed E-state index contributed by atoms with van der Waals surface area (Å²) < 4.78 is 7.94. The number of nitrogen functional groups attached to an aromatic ring is 1. The number of rotatable bonds is 5. The predicted octanol–water partition coefficient (Wildman–Crippen LogP) is 5.96. The topological polar surface area (TPSA) is 112 Å². The molecule has 6 rings (SSSR count). The molecule has 2 aliphatic carbocycles. The zero-order valence-electron chi connectivity index (χ0n) is 24.6. The molecular weight excluding hydrogens is 502 g/mol. The number of hydrogen-bond acceptors (Lipinski definition) is 7. The number of carbonyl (C=O) groups is 1. The van der Waals surface area contributed by atoms with Crippen molar-refractivity contribution in [3.05, 3.63) is 43.1 Å². The highest BCUT2D eigenvalue weighted by molar-refractivity contribution is 6.04. The molecule has 3 aliphatic rings. The standard InChI is InChI=1S/C27H31N7O2.2C2H6/c1-3-20(35)34-12-10-27(11-13-34)8-6-17(7-9-27)23-21(22-24(28)31-16-32-26(22)33(23)2)25-29-14-19(15-30-25)36-18-4-5-18;2*1-2/h3,6,14-16,18H,1,4-5,7-13H2,2H3,(H2,28,31,32);2*1-2H3. The second-order valence-corrected chi connectivity index (χ2v) is 10.3. The van der Waals surface area contributed by atoms with Crippen LogP contribution in [0, 0.1) is 5.41 Å². The fraction of sp³-hybridized carbons (Fsp3) is 0.516. The summed E-state index contributed by atoms with van der Waals surface area (Å²) in [6.45, 7) is 13.2. The van der Waals surface area contributed by atoms with E-state index < -0.39 is 0 Å². The molecule has 1 aliphatic heterocycles. The van der Waals surface area contributed by atoms with Crippen LogP contribution in [0.15, 0.2) is 37.5 Å². The molecule has 2 fully saturated rings. The second-order valence-electron chi connectivity index (χ2n) is 10.3. The summed E-state index contributed by atoms with van der Waals surface area (Å²) in [4.78, 5) is 32.1. The van der Waals surface area contributed by atoms with E-state index in [9.17, 15) is 4.79 Å². The van der Waals surface area contributed by atoms with Crippen LogP contribution in [-0.4, -0.2) is 54.5 Å². The van der Waals surface area contributed by atoms with Crippen LogP contribution in [0.5, 0.6) is 5.75 Å². The van der Waals surface area contributed by atoms with Gasteiger partial charge in [0.25, 0.3) is 0 Å². The van der Waals surface area contributed by atoms with E-state index in [0.717, 1.165) is 80.3 Å². The van der Waals surface area contributed by atoms with Gasteiger partial charge in [0.1, 0.15) is 17.8 Å². The van der Waals surface area contributed by atoms with E-state index >= 15 is 0 Å². The van der Waals surface area contributed by atoms with Gasteiger partial charge in [-0.05, 0) is 62.0 Å². The number of piperidine rings is 1. The fourth-order valence-electron chi connectivity index (χ4n) is 5.70. The largest absolute Gasteiger partial charge is 0.487 e. The minimum absolute atomic E-state index is 0.0317. The molecule has 2 N–H and O–H groups in total. The summed E-state index contributed by atoms with van der Waals surface area (Å²) in [5, 5.41) is 0.781. The van der Waals surface area contributed by atoms with Crippen LogP contribution in [0.2, 0.25) is 0 Å². The van der Waals surface area contributed by atoms with Gasteiger partial charge in [-0.25, -0.2) is 19.9 Å². The van der Waals surface area contributed by atoms with Gasteiger partial charge in [0, 0.05) is 20.1 Å². The first-order valence-electron chi connectivity index (χ1n) is 14.7. The molecule has 1 amide bonds. The lowest BCUT2D eigenvalue weighted by Gasteiger charge is -2.43. The number of fused-ring (bicyclic) bond motifs is 1. The summed E-state index contributed by atoms with van der Waals surface area (Å²) in [6.07, 6.45) is 16.2. The van der Waals surface area contributed by atoms with Crippen molar-refractivity contribution in [3.8, 4) is 17.1 Å². The first kappa shape index (κ1) is 29.2. The number of ether oxygens (including phenoxy) is 1. The molecule has 0 radical (unpaired) electrons. The molecular formula is C31H43N7O2. The van der Waals surface area contributed by atoms with Crippen molar-refractivity contribution in [2.75, 3.05) is 18.8 Å². The zero-order valence-corrected chi connectivity index (χ0v) is 24.6. The van der Waals surface area contributed by atoms with E-state index in [1.165, 1.54) is 18.0 Å². The zero-order chi connectivity index (χ0) is 28.9. The van der Waals surface area contributed by atoms with Crippen LogP contribution in [0.25, 0.3) is 28.0 Å². The molecule has 0 unspecified atom stereocenters. The van der Waals surface area contributed by atoms with Crippen molar-refractivity contribution in [2.24, 2.45) is 12.5 Å². The van der Waals surface area contributed by atoms with Gasteiger partial charge in [0.2, 0.25) is 5.91 Å². The Labute approximate surface area is 237 Å². The van der Waals surface area contributed by atoms with Crippen LogP contribution in [-0.2, 0) is 11.8 Å². The third-order valence-electron chi connectivity index (χ3n) is 8.00. The number of hydrogen-bond donors (Lipinski definition) is 1. The van der Waals surface area contributed by atoms with Gasteiger partial charge in [-0.2, -0.15) is 0 Å². The summed E-state index contributed by atoms with van der Waals surface area (Å²) in [6, 6.07) is 0. The monoisotopic (exact) mass is 545 g/mol. The summed E-state index contributed by atoms with van der Waals surface area (Å²) in [5.74, 6) is 1.74. The van der Waals surface area contributed by atoms with Crippen molar-refractivity contribution in [3.63, 3.8) is 0 Å². The molecule has 0 atom stereocenters. The number of likely N-dealkylation sites (tertiary alicyclic amines) is 1. The first-order chi connectivity index (χ1) is 19.5. The molecule has 0 bridgehead atoms.